The van der Waals surface area contributed by atoms with Crippen LogP contribution in [-0.2, 0) is 9.53 Å². The molecule has 7 nitrogen and oxygen atoms in total. The van der Waals surface area contributed by atoms with Crippen molar-refractivity contribution in [2.75, 3.05) is 5.75 Å². The summed E-state index contributed by atoms with van der Waals surface area (Å²) in [7, 11) is 0. The standard InChI is InChI=1S/C24H26N4O3S/c1-15(2)16-10-6-8-12-18(16)27-21(30)17-11-7-9-13-19(17)28-22(27)25-26-23(28)32-14-20(29)31-24(3,4)5/h6-13,15H,14H2,1-5H3. The van der Waals surface area contributed by atoms with Crippen LogP contribution in [0.4, 0.5) is 0 Å². The van der Waals surface area contributed by atoms with Crippen LogP contribution in [-0.4, -0.2) is 36.5 Å². The van der Waals surface area contributed by atoms with Crippen molar-refractivity contribution >= 4 is 34.4 Å². The number of rotatable bonds is 5. The van der Waals surface area contributed by atoms with Crippen molar-refractivity contribution in [2.24, 2.45) is 0 Å². The molecule has 0 aliphatic heterocycles. The number of esters is 1. The highest BCUT2D eigenvalue weighted by atomic mass is 32.2. The summed E-state index contributed by atoms with van der Waals surface area (Å²) in [5, 5.41) is 9.77. The van der Waals surface area contributed by atoms with Gasteiger partial charge in [0.2, 0.25) is 5.78 Å². The second-order valence-electron chi connectivity index (χ2n) is 8.86. The highest BCUT2D eigenvalue weighted by Gasteiger charge is 2.22. The Labute approximate surface area is 190 Å². The van der Waals surface area contributed by atoms with Gasteiger partial charge in [-0.15, -0.1) is 10.2 Å². The number of nitrogens with zero attached hydrogens (tertiary/aromatic N) is 4. The second-order valence-corrected chi connectivity index (χ2v) is 9.81. The van der Waals surface area contributed by atoms with Crippen molar-refractivity contribution in [3.8, 4) is 5.69 Å². The van der Waals surface area contributed by atoms with Crippen molar-refractivity contribution in [3.05, 3.63) is 64.4 Å². The summed E-state index contributed by atoms with van der Waals surface area (Å²) in [5.41, 5.74) is 1.80. The molecule has 0 saturated carbocycles. The molecule has 32 heavy (non-hydrogen) atoms. The van der Waals surface area contributed by atoms with E-state index in [2.05, 4.69) is 24.0 Å². The Kier molecular flexibility index (Phi) is 5.81. The Bertz CT molecular complexity index is 1370. The molecule has 0 saturated heterocycles. The largest absolute Gasteiger partial charge is 0.459 e. The van der Waals surface area contributed by atoms with Crippen molar-refractivity contribution < 1.29 is 9.53 Å². The number of ether oxygens (including phenoxy) is 1. The van der Waals surface area contributed by atoms with Crippen LogP contribution in [0, 0.1) is 0 Å². The number of hydrogen-bond donors (Lipinski definition) is 0. The van der Waals surface area contributed by atoms with Crippen molar-refractivity contribution in [1.29, 1.82) is 0 Å². The van der Waals surface area contributed by atoms with E-state index in [4.69, 9.17) is 4.74 Å². The maximum absolute atomic E-state index is 13.6. The molecule has 0 amide bonds. The van der Waals surface area contributed by atoms with E-state index in [1.165, 1.54) is 11.8 Å². The number of carbonyl (C=O) groups is 1. The van der Waals surface area contributed by atoms with Gasteiger partial charge in [0.25, 0.3) is 5.56 Å². The van der Waals surface area contributed by atoms with Crippen molar-refractivity contribution in [2.45, 2.75) is 51.3 Å². The normalized spacial score (nSPS) is 12.1. The lowest BCUT2D eigenvalue weighted by atomic mass is 10.0. The van der Waals surface area contributed by atoms with Gasteiger partial charge in [-0.3, -0.25) is 14.0 Å². The zero-order valence-electron chi connectivity index (χ0n) is 18.8. The Morgan fingerprint density at radius 1 is 1.06 bits per heavy atom. The molecule has 4 aromatic rings. The van der Waals surface area contributed by atoms with Crippen LogP contribution in [0.1, 0.15) is 46.1 Å². The van der Waals surface area contributed by atoms with Gasteiger partial charge in [-0.05, 0) is 50.5 Å². The molecule has 0 radical (unpaired) electrons. The lowest BCUT2D eigenvalue weighted by Crippen LogP contribution is -2.25. The summed E-state index contributed by atoms with van der Waals surface area (Å²) < 4.78 is 8.87. The van der Waals surface area contributed by atoms with Gasteiger partial charge in [-0.1, -0.05) is 55.9 Å². The number of fused-ring (bicyclic) bond motifs is 3. The molecule has 8 heteroatoms. The van der Waals surface area contributed by atoms with Crippen molar-refractivity contribution in [3.63, 3.8) is 0 Å². The minimum Gasteiger partial charge on any atom is -0.459 e. The van der Waals surface area contributed by atoms with Crippen LogP contribution < -0.4 is 5.56 Å². The van der Waals surface area contributed by atoms with E-state index >= 15 is 0 Å². The fourth-order valence-electron chi connectivity index (χ4n) is 3.66. The van der Waals surface area contributed by atoms with E-state index < -0.39 is 5.60 Å². The zero-order chi connectivity index (χ0) is 23.0. The molecule has 0 bridgehead atoms. The molecule has 0 N–H and O–H groups in total. The molecule has 0 atom stereocenters. The molecule has 0 spiro atoms. The van der Waals surface area contributed by atoms with Gasteiger partial charge < -0.3 is 4.74 Å². The van der Waals surface area contributed by atoms with E-state index in [1.807, 2.05) is 67.6 Å². The fraction of sp³-hybridized carbons (Fsp3) is 0.333. The minimum absolute atomic E-state index is 0.0914. The second kappa shape index (κ2) is 8.43. The Hall–Kier alpha value is -3.13. The summed E-state index contributed by atoms with van der Waals surface area (Å²) in [5.74, 6) is 0.387. The number of aromatic nitrogens is 4. The van der Waals surface area contributed by atoms with E-state index in [0.717, 1.165) is 11.3 Å². The maximum Gasteiger partial charge on any atom is 0.316 e. The Morgan fingerprint density at radius 2 is 1.75 bits per heavy atom. The van der Waals surface area contributed by atoms with E-state index in [1.54, 1.807) is 10.6 Å². The predicted octanol–water partition coefficient (Wildman–Crippen LogP) is 4.59. The van der Waals surface area contributed by atoms with Gasteiger partial charge in [-0.25, -0.2) is 4.57 Å². The van der Waals surface area contributed by atoms with Crippen LogP contribution in [0.25, 0.3) is 22.4 Å². The van der Waals surface area contributed by atoms with Crippen LogP contribution in [0.15, 0.2) is 58.5 Å². The molecule has 2 aromatic carbocycles. The third-order valence-electron chi connectivity index (χ3n) is 4.93. The van der Waals surface area contributed by atoms with Gasteiger partial charge in [0.05, 0.1) is 22.3 Å². The molecule has 0 aliphatic rings. The van der Waals surface area contributed by atoms with Crippen LogP contribution in [0.5, 0.6) is 0 Å². The third kappa shape index (κ3) is 4.14. The first-order chi connectivity index (χ1) is 15.2. The Balaban J connectivity index is 1.91. The highest BCUT2D eigenvalue weighted by molar-refractivity contribution is 7.99. The maximum atomic E-state index is 13.6. The van der Waals surface area contributed by atoms with Gasteiger partial charge >= 0.3 is 5.97 Å². The van der Waals surface area contributed by atoms with Gasteiger partial charge in [0.1, 0.15) is 5.60 Å². The van der Waals surface area contributed by atoms with Crippen LogP contribution in [0.3, 0.4) is 0 Å². The number of benzene rings is 2. The summed E-state index contributed by atoms with van der Waals surface area (Å²) in [6.07, 6.45) is 0. The summed E-state index contributed by atoms with van der Waals surface area (Å²) >= 11 is 1.24. The first-order valence-electron chi connectivity index (χ1n) is 10.5. The molecule has 0 unspecified atom stereocenters. The first-order valence-corrected chi connectivity index (χ1v) is 11.5. The summed E-state index contributed by atoms with van der Waals surface area (Å²) in [6.45, 7) is 9.68. The van der Waals surface area contributed by atoms with Gasteiger partial charge in [0, 0.05) is 0 Å². The number of para-hydroxylation sites is 2. The quantitative estimate of drug-likeness (QED) is 0.327. The summed E-state index contributed by atoms with van der Waals surface area (Å²) in [6, 6.07) is 15.2. The molecule has 166 valence electrons. The Morgan fingerprint density at radius 3 is 2.47 bits per heavy atom. The zero-order valence-corrected chi connectivity index (χ0v) is 19.6. The molecule has 2 heterocycles. The fourth-order valence-corrected chi connectivity index (χ4v) is 4.38. The number of hydrogen-bond acceptors (Lipinski definition) is 6. The smallest absolute Gasteiger partial charge is 0.316 e. The van der Waals surface area contributed by atoms with E-state index in [0.29, 0.717) is 21.8 Å². The molecular weight excluding hydrogens is 424 g/mol. The molecular formula is C24H26N4O3S. The SMILES string of the molecule is CC(C)c1ccccc1-n1c(=O)c2ccccc2n2c(SCC(=O)OC(C)(C)C)nnc12. The van der Waals surface area contributed by atoms with Gasteiger partial charge in [0.15, 0.2) is 5.16 Å². The van der Waals surface area contributed by atoms with Gasteiger partial charge in [-0.2, -0.15) is 0 Å². The minimum atomic E-state index is -0.557. The molecule has 0 fully saturated rings. The molecule has 4 rings (SSSR count). The van der Waals surface area contributed by atoms with Crippen LogP contribution in [0.2, 0.25) is 0 Å². The summed E-state index contributed by atoms with van der Waals surface area (Å²) in [4.78, 5) is 25.8. The predicted molar refractivity (Wildman–Crippen MR) is 127 cm³/mol. The highest BCUT2D eigenvalue weighted by Crippen LogP contribution is 2.27. The monoisotopic (exact) mass is 450 g/mol. The average Bonchev–Trinajstić information content (AvgIpc) is 3.15. The number of carbonyl (C=O) groups excluding carboxylic acids is 1. The lowest BCUT2D eigenvalue weighted by Gasteiger charge is -2.19. The van der Waals surface area contributed by atoms with E-state index in [9.17, 15) is 9.59 Å². The van der Waals surface area contributed by atoms with E-state index in [-0.39, 0.29) is 23.2 Å². The molecule has 0 aliphatic carbocycles. The third-order valence-corrected chi connectivity index (χ3v) is 5.84. The topological polar surface area (TPSA) is 78.5 Å². The average molecular weight is 451 g/mol. The number of thioether (sulfide) groups is 1. The lowest BCUT2D eigenvalue weighted by molar-refractivity contribution is -0.151. The van der Waals surface area contributed by atoms with Crippen LogP contribution >= 0.6 is 11.8 Å². The first kappa shape index (κ1) is 22.1. The van der Waals surface area contributed by atoms with Crippen molar-refractivity contribution in [1.82, 2.24) is 19.2 Å². The molecule has 2 aromatic heterocycles.